The largest absolute Gasteiger partial charge is 0.493 e. The zero-order valence-electron chi connectivity index (χ0n) is 20.5. The van der Waals surface area contributed by atoms with Gasteiger partial charge in [0.2, 0.25) is 5.82 Å². The van der Waals surface area contributed by atoms with Crippen molar-refractivity contribution in [3.63, 3.8) is 0 Å². The molecule has 5 rings (SSSR count). The van der Waals surface area contributed by atoms with Gasteiger partial charge in [-0.3, -0.25) is 4.90 Å². The molecule has 36 heavy (non-hydrogen) atoms. The summed E-state index contributed by atoms with van der Waals surface area (Å²) in [7, 11) is 3.22. The molecule has 3 aromatic carbocycles. The Balaban J connectivity index is 1.65. The van der Waals surface area contributed by atoms with Crippen molar-refractivity contribution in [2.45, 2.75) is 19.9 Å². The lowest BCUT2D eigenvalue weighted by molar-refractivity contribution is 0.355. The van der Waals surface area contributed by atoms with Gasteiger partial charge in [0.05, 0.1) is 31.5 Å². The molecule has 0 amide bonds. The molecular weight excluding hydrogens is 472 g/mol. The van der Waals surface area contributed by atoms with Crippen LogP contribution in [-0.4, -0.2) is 29.5 Å². The van der Waals surface area contributed by atoms with E-state index in [9.17, 15) is 0 Å². The van der Waals surface area contributed by atoms with Gasteiger partial charge >= 0.3 is 0 Å². The van der Waals surface area contributed by atoms with Gasteiger partial charge in [0.15, 0.2) is 16.6 Å². The summed E-state index contributed by atoms with van der Waals surface area (Å²) in [6, 6.07) is 23.5. The second-order valence-corrected chi connectivity index (χ2v) is 8.85. The van der Waals surface area contributed by atoms with Crippen LogP contribution in [0, 0.1) is 6.92 Å². The molecule has 0 fully saturated rings. The number of hydrogen-bond donors (Lipinski definition) is 1. The maximum absolute atomic E-state index is 5.85. The first-order chi connectivity index (χ1) is 17.5. The number of ether oxygens (including phenoxy) is 2. The third-order valence-electron chi connectivity index (χ3n) is 6.18. The summed E-state index contributed by atoms with van der Waals surface area (Å²) in [5.41, 5.74) is 5.60. The lowest BCUT2D eigenvalue weighted by Gasteiger charge is -2.37. The van der Waals surface area contributed by atoms with Gasteiger partial charge < -0.3 is 19.3 Å². The monoisotopic (exact) mass is 498 g/mol. The summed E-state index contributed by atoms with van der Waals surface area (Å²) >= 11 is 5.84. The van der Waals surface area contributed by atoms with Crippen molar-refractivity contribution in [3.8, 4) is 22.9 Å². The lowest BCUT2D eigenvalue weighted by atomic mass is 9.94. The van der Waals surface area contributed by atoms with Crippen molar-refractivity contribution in [3.05, 3.63) is 95.5 Å². The van der Waals surface area contributed by atoms with Gasteiger partial charge in [-0.15, -0.1) is 0 Å². The van der Waals surface area contributed by atoms with Crippen LogP contribution in [0.1, 0.15) is 30.0 Å². The zero-order valence-corrected chi connectivity index (χ0v) is 21.3. The molecule has 182 valence electrons. The van der Waals surface area contributed by atoms with Crippen molar-refractivity contribution in [2.24, 2.45) is 0 Å². The molecule has 4 aromatic rings. The average Bonchev–Trinajstić information content (AvgIpc) is 3.38. The summed E-state index contributed by atoms with van der Waals surface area (Å²) in [6.45, 7) is 4.04. The molecule has 1 aliphatic heterocycles. The number of hydrogen-bond acceptors (Lipinski definition) is 6. The van der Waals surface area contributed by atoms with Gasteiger partial charge in [-0.1, -0.05) is 59.3 Å². The van der Waals surface area contributed by atoms with Gasteiger partial charge in [-0.2, -0.15) is 4.98 Å². The Morgan fingerprint density at radius 1 is 0.917 bits per heavy atom. The summed E-state index contributed by atoms with van der Waals surface area (Å²) in [4.78, 5) is 6.74. The molecule has 0 radical (unpaired) electrons. The number of rotatable bonds is 6. The molecule has 8 heteroatoms. The predicted molar refractivity (Wildman–Crippen MR) is 144 cm³/mol. The summed E-state index contributed by atoms with van der Waals surface area (Å²) < 4.78 is 16.8. The Hall–Kier alpha value is -4.17. The van der Waals surface area contributed by atoms with E-state index in [2.05, 4.69) is 22.6 Å². The standard InChI is InChI=1S/C28H26N4O3S/c1-17-9-8-12-20(15-17)26-30-27(35-31-26)24-18(2)32(21-13-14-22(33-3)23(16-21)34-4)28(36)29-25(24)19-10-6-5-7-11-19/h5-16,25H,1-4H3,(H,29,36). The van der Waals surface area contributed by atoms with E-state index in [1.165, 1.54) is 0 Å². The zero-order chi connectivity index (χ0) is 25.2. The molecule has 1 aliphatic rings. The van der Waals surface area contributed by atoms with Crippen LogP contribution < -0.4 is 19.7 Å². The highest BCUT2D eigenvalue weighted by Gasteiger charge is 2.35. The van der Waals surface area contributed by atoms with Crippen LogP contribution in [-0.2, 0) is 0 Å². The fourth-order valence-corrected chi connectivity index (χ4v) is 4.78. The SMILES string of the molecule is COc1ccc(N2C(=S)NC(c3ccccc3)C(c3nc(-c4cccc(C)c4)no3)=C2C)cc1OC. The number of nitrogens with one attached hydrogen (secondary N) is 1. The maximum Gasteiger partial charge on any atom is 0.258 e. The van der Waals surface area contributed by atoms with Crippen molar-refractivity contribution in [1.82, 2.24) is 15.5 Å². The topological polar surface area (TPSA) is 72.7 Å². The number of nitrogens with zero attached hydrogens (tertiary/aromatic N) is 3. The number of methoxy groups -OCH3 is 2. The highest BCUT2D eigenvalue weighted by atomic mass is 32.1. The van der Waals surface area contributed by atoms with E-state index < -0.39 is 0 Å². The number of anilines is 1. The van der Waals surface area contributed by atoms with Gasteiger partial charge in [0.1, 0.15) is 0 Å². The Morgan fingerprint density at radius 2 is 1.69 bits per heavy atom. The van der Waals surface area contributed by atoms with E-state index in [0.717, 1.165) is 33.6 Å². The smallest absolute Gasteiger partial charge is 0.258 e. The van der Waals surface area contributed by atoms with Crippen LogP contribution in [0.3, 0.4) is 0 Å². The molecule has 7 nitrogen and oxygen atoms in total. The van der Waals surface area contributed by atoms with Gasteiger partial charge in [-0.25, -0.2) is 0 Å². The quantitative estimate of drug-likeness (QED) is 0.328. The first-order valence-electron chi connectivity index (χ1n) is 11.5. The molecule has 0 saturated heterocycles. The number of aryl methyl sites for hydroxylation is 1. The molecule has 1 N–H and O–H groups in total. The molecule has 0 spiro atoms. The Bertz CT molecular complexity index is 1450. The Kier molecular flexibility index (Phi) is 6.43. The molecule has 1 aromatic heterocycles. The fourth-order valence-electron chi connectivity index (χ4n) is 4.42. The average molecular weight is 499 g/mol. The number of benzene rings is 3. The predicted octanol–water partition coefficient (Wildman–Crippen LogP) is 5.93. The third kappa shape index (κ3) is 4.31. The van der Waals surface area contributed by atoms with E-state index in [4.69, 9.17) is 31.2 Å². The molecular formula is C28H26N4O3S. The van der Waals surface area contributed by atoms with E-state index in [1.54, 1.807) is 14.2 Å². The van der Waals surface area contributed by atoms with Crippen molar-refractivity contribution in [2.75, 3.05) is 19.1 Å². The molecule has 1 unspecified atom stereocenters. The van der Waals surface area contributed by atoms with E-state index in [1.807, 2.05) is 79.4 Å². The lowest BCUT2D eigenvalue weighted by Crippen LogP contribution is -2.46. The number of allylic oxidation sites excluding steroid dienone is 1. The fraction of sp³-hybridized carbons (Fsp3) is 0.179. The van der Waals surface area contributed by atoms with Crippen LogP contribution in [0.15, 0.2) is 83.0 Å². The normalized spacial score (nSPS) is 15.6. The van der Waals surface area contributed by atoms with E-state index in [0.29, 0.717) is 28.3 Å². The number of aromatic nitrogens is 2. The summed E-state index contributed by atoms with van der Waals surface area (Å²) in [5.74, 6) is 2.21. The minimum Gasteiger partial charge on any atom is -0.493 e. The number of thiocarbonyl (C=S) groups is 1. The van der Waals surface area contributed by atoms with E-state index in [-0.39, 0.29) is 6.04 Å². The highest BCUT2D eigenvalue weighted by molar-refractivity contribution is 7.80. The second kappa shape index (κ2) is 9.83. The van der Waals surface area contributed by atoms with Gasteiger partial charge in [-0.05, 0) is 49.8 Å². The first kappa shape index (κ1) is 23.6. The van der Waals surface area contributed by atoms with Crippen LogP contribution in [0.25, 0.3) is 17.0 Å². The molecule has 0 bridgehead atoms. The Labute approximate surface area is 215 Å². The Morgan fingerprint density at radius 3 is 2.42 bits per heavy atom. The molecule has 2 heterocycles. The summed E-state index contributed by atoms with van der Waals surface area (Å²) in [5, 5.41) is 8.33. The van der Waals surface area contributed by atoms with Crippen molar-refractivity contribution in [1.29, 1.82) is 0 Å². The molecule has 0 saturated carbocycles. The minimum atomic E-state index is -0.263. The van der Waals surface area contributed by atoms with Crippen molar-refractivity contribution < 1.29 is 14.0 Å². The van der Waals surface area contributed by atoms with Gasteiger partial charge in [0, 0.05) is 17.3 Å². The molecule has 0 aliphatic carbocycles. The molecule has 1 atom stereocenters. The van der Waals surface area contributed by atoms with Gasteiger partial charge in [0.25, 0.3) is 5.89 Å². The van der Waals surface area contributed by atoms with E-state index >= 15 is 0 Å². The third-order valence-corrected chi connectivity index (χ3v) is 6.48. The highest BCUT2D eigenvalue weighted by Crippen LogP contribution is 2.41. The summed E-state index contributed by atoms with van der Waals surface area (Å²) in [6.07, 6.45) is 0. The second-order valence-electron chi connectivity index (χ2n) is 8.46. The van der Waals surface area contributed by atoms with Crippen LogP contribution in [0.4, 0.5) is 5.69 Å². The first-order valence-corrected chi connectivity index (χ1v) is 11.9. The van der Waals surface area contributed by atoms with Crippen molar-refractivity contribution >= 4 is 28.6 Å². The van der Waals surface area contributed by atoms with Crippen LogP contribution in [0.5, 0.6) is 11.5 Å². The van der Waals surface area contributed by atoms with Crippen LogP contribution >= 0.6 is 12.2 Å². The maximum atomic E-state index is 5.85. The minimum absolute atomic E-state index is 0.263. The van der Waals surface area contributed by atoms with Crippen LogP contribution in [0.2, 0.25) is 0 Å².